The third-order valence-electron chi connectivity index (χ3n) is 3.51. The maximum absolute atomic E-state index is 12.2. The Balaban J connectivity index is 0.00000161. The molecule has 2 heterocycles. The molecule has 0 unspecified atom stereocenters. The summed E-state index contributed by atoms with van der Waals surface area (Å²) in [6.07, 6.45) is 2.07. The second kappa shape index (κ2) is 6.78. The maximum Gasteiger partial charge on any atom is 0.262 e. The number of fused-ring (bicyclic) bond motifs is 1. The van der Waals surface area contributed by atoms with E-state index in [9.17, 15) is 9.59 Å². The van der Waals surface area contributed by atoms with Crippen LogP contribution >= 0.6 is 12.4 Å². The predicted octanol–water partition coefficient (Wildman–Crippen LogP) is 0.921. The molecular weight excluding hydrogens is 294 g/mol. The molecule has 0 aromatic heterocycles. The zero-order valence-corrected chi connectivity index (χ0v) is 12.3. The van der Waals surface area contributed by atoms with Crippen molar-refractivity contribution in [2.45, 2.75) is 18.9 Å². The normalized spacial score (nSPS) is 20.4. The Bertz CT molecular complexity index is 544. The van der Waals surface area contributed by atoms with Gasteiger partial charge in [0.15, 0.2) is 6.61 Å². The van der Waals surface area contributed by atoms with E-state index in [4.69, 9.17) is 4.74 Å². The van der Waals surface area contributed by atoms with Gasteiger partial charge in [-0.15, -0.1) is 12.4 Å². The van der Waals surface area contributed by atoms with Crippen LogP contribution in [0.5, 0.6) is 5.75 Å². The van der Waals surface area contributed by atoms with Crippen molar-refractivity contribution in [1.29, 1.82) is 0 Å². The molecule has 0 aliphatic carbocycles. The molecule has 0 bridgehead atoms. The van der Waals surface area contributed by atoms with E-state index < -0.39 is 0 Å². The lowest BCUT2D eigenvalue weighted by Gasteiger charge is -2.24. The first-order valence-electron chi connectivity index (χ1n) is 6.80. The number of hydrogen-bond donors (Lipinski definition) is 3. The van der Waals surface area contributed by atoms with E-state index >= 15 is 0 Å². The van der Waals surface area contributed by atoms with Gasteiger partial charge in [-0.3, -0.25) is 9.59 Å². The van der Waals surface area contributed by atoms with E-state index in [0.29, 0.717) is 17.0 Å². The molecule has 1 saturated heterocycles. The van der Waals surface area contributed by atoms with Crippen molar-refractivity contribution in [2.75, 3.05) is 25.0 Å². The number of rotatable bonds is 2. The van der Waals surface area contributed by atoms with Crippen LogP contribution in [0.25, 0.3) is 0 Å². The lowest BCUT2D eigenvalue weighted by atomic mass is 10.1. The quantitative estimate of drug-likeness (QED) is 0.759. The molecule has 3 rings (SSSR count). The van der Waals surface area contributed by atoms with Crippen LogP contribution in [-0.2, 0) is 4.79 Å². The zero-order chi connectivity index (χ0) is 13.9. The number of benzene rings is 1. The Hall–Kier alpha value is -1.79. The fraction of sp³-hybridized carbons (Fsp3) is 0.429. The average Bonchev–Trinajstić information content (AvgIpc) is 2.47. The standard InChI is InChI=1S/C14H17N3O3.ClH/c18-13-8-20-12-6-9(3-4-11(12)17-13)14(19)16-10-2-1-5-15-7-10;/h3-4,6,10,15H,1-2,5,7-8H2,(H,16,19)(H,17,18);1H/t10-;/m0./s1. The minimum absolute atomic E-state index is 0. The molecule has 1 aromatic carbocycles. The van der Waals surface area contributed by atoms with Gasteiger partial charge in [0.25, 0.3) is 11.8 Å². The van der Waals surface area contributed by atoms with Gasteiger partial charge < -0.3 is 20.7 Å². The first-order chi connectivity index (χ1) is 9.72. The summed E-state index contributed by atoms with van der Waals surface area (Å²) in [5.74, 6) is 0.254. The van der Waals surface area contributed by atoms with Gasteiger partial charge in [0.05, 0.1) is 5.69 Å². The zero-order valence-electron chi connectivity index (χ0n) is 11.5. The van der Waals surface area contributed by atoms with Gasteiger partial charge in [-0.25, -0.2) is 0 Å². The van der Waals surface area contributed by atoms with E-state index in [-0.39, 0.29) is 36.9 Å². The molecule has 21 heavy (non-hydrogen) atoms. The summed E-state index contributed by atoms with van der Waals surface area (Å²) in [7, 11) is 0. The van der Waals surface area contributed by atoms with Crippen LogP contribution in [0.15, 0.2) is 18.2 Å². The number of piperidine rings is 1. The molecule has 2 aliphatic rings. The number of carbonyl (C=O) groups is 2. The highest BCUT2D eigenvalue weighted by Crippen LogP contribution is 2.28. The monoisotopic (exact) mass is 311 g/mol. The number of nitrogens with one attached hydrogen (secondary N) is 3. The van der Waals surface area contributed by atoms with Crippen molar-refractivity contribution in [2.24, 2.45) is 0 Å². The van der Waals surface area contributed by atoms with Crippen LogP contribution in [0.1, 0.15) is 23.2 Å². The van der Waals surface area contributed by atoms with Gasteiger partial charge in [0, 0.05) is 18.2 Å². The van der Waals surface area contributed by atoms with E-state index in [1.54, 1.807) is 18.2 Å². The van der Waals surface area contributed by atoms with Crippen molar-refractivity contribution >= 4 is 29.9 Å². The number of halogens is 1. The summed E-state index contributed by atoms with van der Waals surface area (Å²) in [5.41, 5.74) is 1.16. The molecule has 0 saturated carbocycles. The SMILES string of the molecule is Cl.O=C1COc2cc(C(=O)N[C@H]3CCCNC3)ccc2N1. The highest BCUT2D eigenvalue weighted by Gasteiger charge is 2.20. The van der Waals surface area contributed by atoms with Crippen LogP contribution in [0.4, 0.5) is 5.69 Å². The topological polar surface area (TPSA) is 79.5 Å². The van der Waals surface area contributed by atoms with E-state index in [1.165, 1.54) is 0 Å². The Morgan fingerprint density at radius 2 is 2.24 bits per heavy atom. The Kier molecular flexibility index (Phi) is 5.03. The maximum atomic E-state index is 12.2. The Labute approximate surface area is 129 Å². The minimum atomic E-state index is -0.178. The van der Waals surface area contributed by atoms with Crippen LogP contribution in [0.3, 0.4) is 0 Å². The van der Waals surface area contributed by atoms with Crippen LogP contribution < -0.4 is 20.7 Å². The summed E-state index contributed by atoms with van der Waals surface area (Å²) in [6.45, 7) is 1.81. The highest BCUT2D eigenvalue weighted by molar-refractivity contribution is 5.99. The minimum Gasteiger partial charge on any atom is -0.482 e. The largest absolute Gasteiger partial charge is 0.482 e. The molecule has 1 fully saturated rings. The molecule has 114 valence electrons. The van der Waals surface area contributed by atoms with Gasteiger partial charge >= 0.3 is 0 Å². The molecule has 2 amide bonds. The molecule has 0 radical (unpaired) electrons. The predicted molar refractivity (Wildman–Crippen MR) is 81.2 cm³/mol. The van der Waals surface area contributed by atoms with E-state index in [2.05, 4.69) is 16.0 Å². The number of hydrogen-bond acceptors (Lipinski definition) is 4. The van der Waals surface area contributed by atoms with Gasteiger partial charge in [0.1, 0.15) is 5.75 Å². The Morgan fingerprint density at radius 1 is 1.38 bits per heavy atom. The summed E-state index contributed by atoms with van der Waals surface area (Å²) in [6, 6.07) is 5.23. The highest BCUT2D eigenvalue weighted by atomic mass is 35.5. The number of ether oxygens (including phenoxy) is 1. The molecule has 3 N–H and O–H groups in total. The molecule has 7 heteroatoms. The third kappa shape index (κ3) is 3.65. The summed E-state index contributed by atoms with van der Waals surface area (Å²) in [4.78, 5) is 23.4. The molecule has 1 atom stereocenters. The summed E-state index contributed by atoms with van der Waals surface area (Å²) >= 11 is 0. The smallest absolute Gasteiger partial charge is 0.262 e. The van der Waals surface area contributed by atoms with Crippen LogP contribution in [0, 0.1) is 0 Å². The van der Waals surface area contributed by atoms with Gasteiger partial charge in [-0.2, -0.15) is 0 Å². The van der Waals surface area contributed by atoms with Crippen molar-refractivity contribution < 1.29 is 14.3 Å². The lowest BCUT2D eigenvalue weighted by Crippen LogP contribution is -2.45. The molecular formula is C14H18ClN3O3. The molecule has 1 aromatic rings. The average molecular weight is 312 g/mol. The van der Waals surface area contributed by atoms with Crippen molar-refractivity contribution in [3.8, 4) is 5.75 Å². The third-order valence-corrected chi connectivity index (χ3v) is 3.51. The van der Waals surface area contributed by atoms with Crippen LogP contribution in [-0.4, -0.2) is 37.6 Å². The lowest BCUT2D eigenvalue weighted by molar-refractivity contribution is -0.118. The van der Waals surface area contributed by atoms with Gasteiger partial charge in [-0.05, 0) is 37.6 Å². The van der Waals surface area contributed by atoms with E-state index in [1.807, 2.05) is 0 Å². The summed E-state index contributed by atoms with van der Waals surface area (Å²) in [5, 5.41) is 8.97. The second-order valence-electron chi connectivity index (χ2n) is 5.06. The second-order valence-corrected chi connectivity index (χ2v) is 5.06. The van der Waals surface area contributed by atoms with Crippen molar-refractivity contribution in [3.63, 3.8) is 0 Å². The van der Waals surface area contributed by atoms with Crippen molar-refractivity contribution in [3.05, 3.63) is 23.8 Å². The number of carbonyl (C=O) groups excluding carboxylic acids is 2. The van der Waals surface area contributed by atoms with Crippen LogP contribution in [0.2, 0.25) is 0 Å². The van der Waals surface area contributed by atoms with E-state index in [0.717, 1.165) is 25.9 Å². The van der Waals surface area contributed by atoms with Crippen molar-refractivity contribution in [1.82, 2.24) is 10.6 Å². The fourth-order valence-electron chi connectivity index (χ4n) is 2.46. The van der Waals surface area contributed by atoms with Gasteiger partial charge in [-0.1, -0.05) is 0 Å². The summed E-state index contributed by atoms with van der Waals surface area (Å²) < 4.78 is 5.31. The molecule has 2 aliphatic heterocycles. The first kappa shape index (κ1) is 15.6. The molecule has 0 spiro atoms. The van der Waals surface area contributed by atoms with Gasteiger partial charge in [0.2, 0.25) is 0 Å². The first-order valence-corrected chi connectivity index (χ1v) is 6.80. The Morgan fingerprint density at radius 3 is 3.00 bits per heavy atom. The number of anilines is 1. The number of amides is 2. The fourth-order valence-corrected chi connectivity index (χ4v) is 2.46. The molecule has 6 nitrogen and oxygen atoms in total.